The number of nitrogens with one attached hydrogen (secondary N) is 2. The number of benzene rings is 2. The molecule has 0 saturated carbocycles. The van der Waals surface area contributed by atoms with Crippen LogP contribution in [0.4, 0.5) is 15.9 Å². The summed E-state index contributed by atoms with van der Waals surface area (Å²) in [5, 5.41) is 16.2. The van der Waals surface area contributed by atoms with Crippen LogP contribution < -0.4 is 15.4 Å². The van der Waals surface area contributed by atoms with Crippen LogP contribution in [-0.2, 0) is 4.79 Å². The highest BCUT2D eigenvalue weighted by molar-refractivity contribution is 6.34. The third-order valence-corrected chi connectivity index (χ3v) is 8.57. The number of rotatable bonds is 7. The van der Waals surface area contributed by atoms with E-state index in [0.717, 1.165) is 0 Å². The first kappa shape index (κ1) is 29.8. The molecule has 2 aliphatic rings. The molecule has 13 heteroatoms. The molecular formula is C31H33ClFN7O4. The van der Waals surface area contributed by atoms with E-state index in [9.17, 15) is 19.1 Å². The molecule has 4 heterocycles. The van der Waals surface area contributed by atoms with Crippen molar-refractivity contribution in [1.29, 1.82) is 0 Å². The maximum Gasteiger partial charge on any atom is 0.255 e. The van der Waals surface area contributed by atoms with Gasteiger partial charge in [-0.15, -0.1) is 0 Å². The maximum atomic E-state index is 14.4. The average Bonchev–Trinajstić information content (AvgIpc) is 3.49. The highest BCUT2D eigenvalue weighted by Gasteiger charge is 2.33. The Morgan fingerprint density at radius 3 is 2.68 bits per heavy atom. The Balaban J connectivity index is 1.11. The lowest BCUT2D eigenvalue weighted by molar-refractivity contribution is -0.138. The van der Waals surface area contributed by atoms with E-state index >= 15 is 0 Å². The predicted molar refractivity (Wildman–Crippen MR) is 164 cm³/mol. The van der Waals surface area contributed by atoms with Crippen LogP contribution in [0.5, 0.6) is 5.75 Å². The molecule has 2 aromatic heterocycles. The first-order valence-corrected chi connectivity index (χ1v) is 14.9. The number of halogens is 2. The van der Waals surface area contributed by atoms with E-state index in [-0.39, 0.29) is 36.1 Å². The molecule has 1 atom stereocenters. The number of hydrogen-bond donors (Lipinski definition) is 3. The van der Waals surface area contributed by atoms with Gasteiger partial charge in [0.1, 0.15) is 0 Å². The zero-order valence-corrected chi connectivity index (χ0v) is 24.9. The molecule has 0 spiro atoms. The van der Waals surface area contributed by atoms with Gasteiger partial charge in [0, 0.05) is 68.3 Å². The topological polar surface area (TPSA) is 124 Å². The monoisotopic (exact) mass is 621 g/mol. The van der Waals surface area contributed by atoms with Gasteiger partial charge in [0.15, 0.2) is 23.0 Å². The van der Waals surface area contributed by atoms with Crippen molar-refractivity contribution in [3.05, 3.63) is 71.4 Å². The van der Waals surface area contributed by atoms with Gasteiger partial charge >= 0.3 is 0 Å². The van der Waals surface area contributed by atoms with Gasteiger partial charge in [-0.3, -0.25) is 14.0 Å². The molecule has 2 aromatic carbocycles. The SMILES string of the molecule is COc1ccc(-c2cnc3c(Nc4ccc(C(=O)N5CCC(C(=O)N6CCNC(CO)C6)CC5)c(Cl)c4)nccn23)cc1F. The normalized spacial score (nSPS) is 17.6. The first-order valence-electron chi connectivity index (χ1n) is 14.5. The van der Waals surface area contributed by atoms with Crippen molar-refractivity contribution in [3.63, 3.8) is 0 Å². The number of likely N-dealkylation sites (tertiary alicyclic amines) is 1. The minimum absolute atomic E-state index is 0.00477. The quantitative estimate of drug-likeness (QED) is 0.286. The lowest BCUT2D eigenvalue weighted by Gasteiger charge is -2.38. The summed E-state index contributed by atoms with van der Waals surface area (Å²) in [4.78, 5) is 38.9. The van der Waals surface area contributed by atoms with Crippen molar-refractivity contribution in [2.24, 2.45) is 5.92 Å². The zero-order chi connectivity index (χ0) is 30.8. The summed E-state index contributed by atoms with van der Waals surface area (Å²) >= 11 is 6.60. The molecule has 3 N–H and O–H groups in total. The molecular weight excluding hydrogens is 589 g/mol. The summed E-state index contributed by atoms with van der Waals surface area (Å²) in [6, 6.07) is 9.72. The lowest BCUT2D eigenvalue weighted by Crippen LogP contribution is -2.56. The number of fused-ring (bicyclic) bond motifs is 1. The molecule has 230 valence electrons. The van der Waals surface area contributed by atoms with Crippen molar-refractivity contribution < 1.29 is 23.8 Å². The number of aliphatic hydroxyl groups excluding tert-OH is 1. The number of aliphatic hydroxyl groups is 1. The summed E-state index contributed by atoms with van der Waals surface area (Å²) in [5.41, 5.74) is 2.84. The van der Waals surface area contributed by atoms with E-state index in [2.05, 4.69) is 20.6 Å². The Bertz CT molecular complexity index is 1690. The number of anilines is 2. The van der Waals surface area contributed by atoms with Gasteiger partial charge in [0.05, 0.1) is 36.2 Å². The van der Waals surface area contributed by atoms with E-state index in [0.29, 0.717) is 84.6 Å². The van der Waals surface area contributed by atoms with Crippen molar-refractivity contribution >= 4 is 40.6 Å². The number of piperidine rings is 1. The minimum atomic E-state index is -0.471. The summed E-state index contributed by atoms with van der Waals surface area (Å²) in [5.74, 6) is -0.0742. The molecule has 2 amide bonds. The fraction of sp³-hybridized carbons (Fsp3) is 0.355. The van der Waals surface area contributed by atoms with Gasteiger partial charge in [-0.1, -0.05) is 11.6 Å². The van der Waals surface area contributed by atoms with E-state index in [1.54, 1.807) is 58.2 Å². The van der Waals surface area contributed by atoms with Gasteiger partial charge in [-0.25, -0.2) is 14.4 Å². The number of carbonyl (C=O) groups is 2. The highest BCUT2D eigenvalue weighted by atomic mass is 35.5. The van der Waals surface area contributed by atoms with E-state index in [1.807, 2.05) is 4.90 Å². The summed E-state index contributed by atoms with van der Waals surface area (Å²) in [7, 11) is 1.42. The fourth-order valence-corrected chi connectivity index (χ4v) is 6.12. The van der Waals surface area contributed by atoms with Crippen LogP contribution in [-0.4, -0.2) is 93.6 Å². The molecule has 4 aromatic rings. The maximum absolute atomic E-state index is 14.4. The molecule has 44 heavy (non-hydrogen) atoms. The van der Waals surface area contributed by atoms with Gasteiger partial charge in [0.25, 0.3) is 5.91 Å². The molecule has 0 aliphatic carbocycles. The van der Waals surface area contributed by atoms with Crippen LogP contribution in [0.3, 0.4) is 0 Å². The number of methoxy groups -OCH3 is 1. The van der Waals surface area contributed by atoms with Gasteiger partial charge in [-0.05, 0) is 49.2 Å². The van der Waals surface area contributed by atoms with Crippen molar-refractivity contribution in [2.45, 2.75) is 18.9 Å². The Morgan fingerprint density at radius 2 is 1.95 bits per heavy atom. The number of carbonyl (C=O) groups excluding carboxylic acids is 2. The largest absolute Gasteiger partial charge is 0.494 e. The van der Waals surface area contributed by atoms with Crippen LogP contribution >= 0.6 is 11.6 Å². The minimum Gasteiger partial charge on any atom is -0.494 e. The third kappa shape index (κ3) is 5.92. The molecule has 1 unspecified atom stereocenters. The lowest BCUT2D eigenvalue weighted by atomic mass is 9.94. The van der Waals surface area contributed by atoms with Crippen LogP contribution in [0, 0.1) is 11.7 Å². The van der Waals surface area contributed by atoms with E-state index < -0.39 is 5.82 Å². The number of nitrogens with zero attached hydrogens (tertiary/aromatic N) is 5. The van der Waals surface area contributed by atoms with Crippen molar-refractivity contribution in [2.75, 3.05) is 51.8 Å². The Kier molecular flexibility index (Phi) is 8.65. The Labute approximate surface area is 258 Å². The number of amides is 2. The Morgan fingerprint density at radius 1 is 1.14 bits per heavy atom. The fourth-order valence-electron chi connectivity index (χ4n) is 5.86. The number of hydrogen-bond acceptors (Lipinski definition) is 8. The van der Waals surface area contributed by atoms with E-state index in [1.165, 1.54) is 13.2 Å². The second kappa shape index (κ2) is 12.8. The van der Waals surface area contributed by atoms with Crippen LogP contribution in [0.15, 0.2) is 55.0 Å². The van der Waals surface area contributed by atoms with Gasteiger partial charge < -0.3 is 30.3 Å². The number of ether oxygens (including phenoxy) is 1. The molecule has 2 aliphatic heterocycles. The van der Waals surface area contributed by atoms with Crippen molar-refractivity contribution in [3.8, 4) is 17.0 Å². The summed E-state index contributed by atoms with van der Waals surface area (Å²) in [6.07, 6.45) is 6.17. The molecule has 2 fully saturated rings. The predicted octanol–water partition coefficient (Wildman–Crippen LogP) is 3.59. The molecule has 2 saturated heterocycles. The molecule has 11 nitrogen and oxygen atoms in total. The van der Waals surface area contributed by atoms with Gasteiger partial charge in [0.2, 0.25) is 5.91 Å². The first-order chi connectivity index (χ1) is 21.4. The van der Waals surface area contributed by atoms with Crippen molar-refractivity contribution in [1.82, 2.24) is 29.5 Å². The standard InChI is InChI=1S/C31H33ClFN7O4/c1-44-27-5-2-20(14-25(27)33)26-16-36-29-28(35-9-13-40(26)29)37-21-3-4-23(24(32)15-21)31(43)38-10-6-19(7-11-38)30(42)39-12-8-34-22(17-39)18-41/h2-5,9,13-16,19,22,34,41H,6-8,10-12,17-18H2,1H3,(H,35,37). The second-order valence-electron chi connectivity index (χ2n) is 11.0. The third-order valence-electron chi connectivity index (χ3n) is 8.26. The van der Waals surface area contributed by atoms with Gasteiger partial charge in [-0.2, -0.15) is 0 Å². The molecule has 6 rings (SSSR count). The zero-order valence-electron chi connectivity index (χ0n) is 24.2. The average molecular weight is 622 g/mol. The van der Waals surface area contributed by atoms with E-state index in [4.69, 9.17) is 16.3 Å². The highest BCUT2D eigenvalue weighted by Crippen LogP contribution is 2.30. The van der Waals surface area contributed by atoms with Crippen LogP contribution in [0.25, 0.3) is 16.9 Å². The van der Waals surface area contributed by atoms with Crippen LogP contribution in [0.1, 0.15) is 23.2 Å². The molecule has 0 radical (unpaired) electrons. The summed E-state index contributed by atoms with van der Waals surface area (Å²) < 4.78 is 21.2. The number of aromatic nitrogens is 3. The Hall–Kier alpha value is -4.26. The smallest absolute Gasteiger partial charge is 0.255 e. The van der Waals surface area contributed by atoms with Crippen LogP contribution in [0.2, 0.25) is 5.02 Å². The second-order valence-corrected chi connectivity index (χ2v) is 11.4. The molecule has 0 bridgehead atoms. The number of piperazine rings is 1. The number of imidazole rings is 1. The summed E-state index contributed by atoms with van der Waals surface area (Å²) in [6.45, 7) is 2.71.